The van der Waals surface area contributed by atoms with Crippen LogP contribution in [0.3, 0.4) is 0 Å². The van der Waals surface area contributed by atoms with Gasteiger partial charge < -0.3 is 24.8 Å². The predicted molar refractivity (Wildman–Crippen MR) is 86.2 cm³/mol. The van der Waals surface area contributed by atoms with E-state index in [9.17, 15) is 19.8 Å². The lowest BCUT2D eigenvalue weighted by Gasteiger charge is -2.06. The topological polar surface area (TPSA) is 113 Å². The maximum atomic E-state index is 11.6. The lowest BCUT2D eigenvalue weighted by atomic mass is 10.1. The molecule has 134 valence electrons. The van der Waals surface area contributed by atoms with Gasteiger partial charge in [0.1, 0.15) is 6.61 Å². The molecule has 7 heteroatoms. The SMILES string of the molecule is O=C(O)CCCOCCOCC(=O)CCCc1ccc(O)c(O)c1. The Morgan fingerprint density at radius 1 is 0.917 bits per heavy atom. The van der Waals surface area contributed by atoms with Crippen molar-refractivity contribution in [1.29, 1.82) is 0 Å². The third kappa shape index (κ3) is 9.12. The van der Waals surface area contributed by atoms with E-state index in [4.69, 9.17) is 14.6 Å². The summed E-state index contributed by atoms with van der Waals surface area (Å²) >= 11 is 0. The minimum absolute atomic E-state index is 0.0103. The van der Waals surface area contributed by atoms with E-state index < -0.39 is 5.97 Å². The van der Waals surface area contributed by atoms with Crippen LogP contribution in [0, 0.1) is 0 Å². The molecule has 0 aromatic heterocycles. The molecule has 24 heavy (non-hydrogen) atoms. The van der Waals surface area contributed by atoms with Crippen molar-refractivity contribution in [2.45, 2.75) is 32.1 Å². The van der Waals surface area contributed by atoms with E-state index in [0.717, 1.165) is 5.56 Å². The largest absolute Gasteiger partial charge is 0.504 e. The van der Waals surface area contributed by atoms with Gasteiger partial charge in [-0.25, -0.2) is 0 Å². The number of aryl methyl sites for hydroxylation is 1. The molecule has 0 spiro atoms. The zero-order valence-electron chi connectivity index (χ0n) is 13.6. The van der Waals surface area contributed by atoms with Gasteiger partial charge in [0.15, 0.2) is 17.3 Å². The molecule has 0 amide bonds. The molecular weight excluding hydrogens is 316 g/mol. The molecule has 0 radical (unpaired) electrons. The molecule has 0 aliphatic rings. The first-order chi connectivity index (χ1) is 11.5. The second kappa shape index (κ2) is 11.4. The van der Waals surface area contributed by atoms with Crippen molar-refractivity contribution in [3.05, 3.63) is 23.8 Å². The zero-order chi connectivity index (χ0) is 17.8. The summed E-state index contributed by atoms with van der Waals surface area (Å²) in [6.07, 6.45) is 2.19. The summed E-state index contributed by atoms with van der Waals surface area (Å²) in [5.41, 5.74) is 0.855. The Labute approximate surface area is 140 Å². The maximum Gasteiger partial charge on any atom is 0.303 e. The normalized spacial score (nSPS) is 10.7. The molecule has 0 saturated carbocycles. The van der Waals surface area contributed by atoms with Crippen LogP contribution < -0.4 is 0 Å². The van der Waals surface area contributed by atoms with Crippen LogP contribution in [0.1, 0.15) is 31.2 Å². The highest BCUT2D eigenvalue weighted by Crippen LogP contribution is 2.25. The first-order valence-corrected chi connectivity index (χ1v) is 7.89. The number of carboxylic acids is 1. The molecule has 0 unspecified atom stereocenters. The average molecular weight is 340 g/mol. The van der Waals surface area contributed by atoms with Crippen molar-refractivity contribution in [1.82, 2.24) is 0 Å². The van der Waals surface area contributed by atoms with Gasteiger partial charge in [-0.15, -0.1) is 0 Å². The van der Waals surface area contributed by atoms with E-state index in [-0.39, 0.29) is 30.3 Å². The lowest BCUT2D eigenvalue weighted by molar-refractivity contribution is -0.137. The van der Waals surface area contributed by atoms with Crippen LogP contribution in [0.25, 0.3) is 0 Å². The smallest absolute Gasteiger partial charge is 0.303 e. The van der Waals surface area contributed by atoms with Gasteiger partial charge in [0.05, 0.1) is 13.2 Å². The average Bonchev–Trinajstić information content (AvgIpc) is 2.53. The molecular formula is C17H24O7. The summed E-state index contributed by atoms with van der Waals surface area (Å²) in [5, 5.41) is 27.0. The highest BCUT2D eigenvalue weighted by Gasteiger charge is 2.05. The van der Waals surface area contributed by atoms with E-state index in [1.807, 2.05) is 0 Å². The molecule has 0 aliphatic carbocycles. The van der Waals surface area contributed by atoms with Gasteiger partial charge in [0.25, 0.3) is 0 Å². The number of carboxylic acid groups (broad SMARTS) is 1. The van der Waals surface area contributed by atoms with Crippen LogP contribution in [0.15, 0.2) is 18.2 Å². The Hall–Kier alpha value is -2.12. The number of hydrogen-bond acceptors (Lipinski definition) is 6. The first-order valence-electron chi connectivity index (χ1n) is 7.89. The van der Waals surface area contributed by atoms with Crippen molar-refractivity contribution in [2.24, 2.45) is 0 Å². The molecule has 0 fully saturated rings. The van der Waals surface area contributed by atoms with E-state index in [0.29, 0.717) is 45.5 Å². The van der Waals surface area contributed by atoms with Gasteiger partial charge in [-0.05, 0) is 37.0 Å². The summed E-state index contributed by atoms with van der Waals surface area (Å²) in [6, 6.07) is 4.61. The Morgan fingerprint density at radius 2 is 1.67 bits per heavy atom. The van der Waals surface area contributed by atoms with Crippen LogP contribution in [-0.4, -0.2) is 53.5 Å². The van der Waals surface area contributed by atoms with Gasteiger partial charge >= 0.3 is 5.97 Å². The Kier molecular flexibility index (Phi) is 9.48. The number of aliphatic carboxylic acids is 1. The Bertz CT molecular complexity index is 528. The standard InChI is InChI=1S/C17H24O7/c18-14(12-24-10-9-23-8-2-5-17(21)22)4-1-3-13-6-7-15(19)16(20)11-13/h6-7,11,19-20H,1-5,8-10,12H2,(H,21,22). The predicted octanol–water partition coefficient (Wildman–Crippen LogP) is 1.89. The van der Waals surface area contributed by atoms with E-state index in [2.05, 4.69) is 0 Å². The van der Waals surface area contributed by atoms with Crippen LogP contribution in [0.4, 0.5) is 0 Å². The number of ketones is 1. The van der Waals surface area contributed by atoms with Crippen molar-refractivity contribution in [3.63, 3.8) is 0 Å². The fraction of sp³-hybridized carbons (Fsp3) is 0.529. The highest BCUT2D eigenvalue weighted by atomic mass is 16.5. The van der Waals surface area contributed by atoms with Crippen LogP contribution >= 0.6 is 0 Å². The zero-order valence-corrected chi connectivity index (χ0v) is 13.6. The summed E-state index contributed by atoms with van der Waals surface area (Å²) in [6.45, 7) is 1.02. The molecule has 1 rings (SSSR count). The number of ether oxygens (including phenoxy) is 2. The molecule has 0 atom stereocenters. The number of carbonyl (C=O) groups excluding carboxylic acids is 1. The third-order valence-corrected chi connectivity index (χ3v) is 3.28. The fourth-order valence-corrected chi connectivity index (χ4v) is 2.02. The van der Waals surface area contributed by atoms with Gasteiger partial charge in [-0.2, -0.15) is 0 Å². The molecule has 3 N–H and O–H groups in total. The minimum Gasteiger partial charge on any atom is -0.504 e. The number of Topliss-reactive ketones (excluding diaryl/α,β-unsaturated/α-hetero) is 1. The van der Waals surface area contributed by atoms with E-state index >= 15 is 0 Å². The molecule has 0 bridgehead atoms. The number of phenolic OH excluding ortho intramolecular Hbond substituents is 2. The Morgan fingerprint density at radius 3 is 2.38 bits per heavy atom. The number of aromatic hydroxyl groups is 2. The summed E-state index contributed by atoms with van der Waals surface area (Å²) < 4.78 is 10.4. The van der Waals surface area contributed by atoms with Crippen LogP contribution in [0.5, 0.6) is 11.5 Å². The van der Waals surface area contributed by atoms with Crippen molar-refractivity contribution in [2.75, 3.05) is 26.4 Å². The molecule has 0 saturated heterocycles. The third-order valence-electron chi connectivity index (χ3n) is 3.28. The molecule has 1 aromatic carbocycles. The highest BCUT2D eigenvalue weighted by molar-refractivity contribution is 5.79. The quantitative estimate of drug-likeness (QED) is 0.371. The van der Waals surface area contributed by atoms with Crippen LogP contribution in [0.2, 0.25) is 0 Å². The van der Waals surface area contributed by atoms with Crippen molar-refractivity contribution in [3.8, 4) is 11.5 Å². The monoisotopic (exact) mass is 340 g/mol. The molecule has 0 heterocycles. The van der Waals surface area contributed by atoms with E-state index in [1.165, 1.54) is 12.1 Å². The van der Waals surface area contributed by atoms with Crippen LogP contribution in [-0.2, 0) is 25.5 Å². The lowest BCUT2D eigenvalue weighted by Crippen LogP contribution is -2.13. The Balaban J connectivity index is 2.00. The summed E-state index contributed by atoms with van der Waals surface area (Å²) in [5.74, 6) is -1.18. The number of carbonyl (C=O) groups is 2. The number of benzene rings is 1. The number of phenols is 2. The van der Waals surface area contributed by atoms with E-state index in [1.54, 1.807) is 6.07 Å². The van der Waals surface area contributed by atoms with Gasteiger partial charge in [-0.3, -0.25) is 9.59 Å². The van der Waals surface area contributed by atoms with Gasteiger partial charge in [-0.1, -0.05) is 6.07 Å². The maximum absolute atomic E-state index is 11.6. The minimum atomic E-state index is -0.844. The van der Waals surface area contributed by atoms with Crippen molar-refractivity contribution >= 4 is 11.8 Å². The second-order valence-electron chi connectivity index (χ2n) is 5.38. The summed E-state index contributed by atoms with van der Waals surface area (Å²) in [4.78, 5) is 21.9. The van der Waals surface area contributed by atoms with Gasteiger partial charge in [0, 0.05) is 19.4 Å². The number of rotatable bonds is 13. The summed E-state index contributed by atoms with van der Waals surface area (Å²) in [7, 11) is 0. The van der Waals surface area contributed by atoms with Gasteiger partial charge in [0.2, 0.25) is 0 Å². The fourth-order valence-electron chi connectivity index (χ4n) is 2.02. The second-order valence-corrected chi connectivity index (χ2v) is 5.38. The molecule has 1 aromatic rings. The number of hydrogen-bond donors (Lipinski definition) is 3. The molecule has 7 nitrogen and oxygen atoms in total. The van der Waals surface area contributed by atoms with Crippen molar-refractivity contribution < 1.29 is 34.4 Å². The molecule has 0 aliphatic heterocycles. The first kappa shape index (κ1) is 19.9.